The molecule has 0 radical (unpaired) electrons. The molecule has 2 aromatic rings. The SMILES string of the molecule is CCOc1ccc(S(=O)(=O)N(CC)CC(=O)Nc2ccc(Cl)c(Cl)c2)cc1C. The van der Waals surface area contributed by atoms with Gasteiger partial charge in [-0.1, -0.05) is 30.1 Å². The van der Waals surface area contributed by atoms with Crippen molar-refractivity contribution < 1.29 is 17.9 Å². The van der Waals surface area contributed by atoms with Crippen LogP contribution in [0.5, 0.6) is 5.75 Å². The molecule has 6 nitrogen and oxygen atoms in total. The number of aryl methyl sites for hydroxylation is 1. The van der Waals surface area contributed by atoms with Gasteiger partial charge in [-0.25, -0.2) is 8.42 Å². The summed E-state index contributed by atoms with van der Waals surface area (Å²) in [7, 11) is -3.84. The molecule has 1 N–H and O–H groups in total. The molecule has 0 atom stereocenters. The Bertz CT molecular complexity index is 964. The first-order valence-electron chi connectivity index (χ1n) is 8.67. The molecule has 0 aromatic heterocycles. The number of hydrogen-bond acceptors (Lipinski definition) is 4. The maximum Gasteiger partial charge on any atom is 0.243 e. The van der Waals surface area contributed by atoms with Gasteiger partial charge in [0, 0.05) is 12.2 Å². The van der Waals surface area contributed by atoms with Crippen LogP contribution in [-0.2, 0) is 14.8 Å². The van der Waals surface area contributed by atoms with Crippen molar-refractivity contribution >= 4 is 44.8 Å². The fraction of sp³-hybridized carbons (Fsp3) is 0.316. The lowest BCUT2D eigenvalue weighted by Crippen LogP contribution is -2.37. The van der Waals surface area contributed by atoms with Gasteiger partial charge in [0.2, 0.25) is 15.9 Å². The monoisotopic (exact) mass is 444 g/mol. The van der Waals surface area contributed by atoms with Gasteiger partial charge < -0.3 is 10.1 Å². The van der Waals surface area contributed by atoms with Crippen LogP contribution in [0.25, 0.3) is 0 Å². The molecule has 152 valence electrons. The molecule has 0 heterocycles. The van der Waals surface area contributed by atoms with Crippen molar-refractivity contribution in [3.05, 3.63) is 52.0 Å². The number of rotatable bonds is 8. The van der Waals surface area contributed by atoms with Crippen LogP contribution in [0.15, 0.2) is 41.3 Å². The van der Waals surface area contributed by atoms with Crippen molar-refractivity contribution in [2.24, 2.45) is 0 Å². The molecule has 1 amide bonds. The average Bonchev–Trinajstić information content (AvgIpc) is 2.64. The molecule has 0 spiro atoms. The molecule has 0 saturated heterocycles. The van der Waals surface area contributed by atoms with E-state index >= 15 is 0 Å². The normalized spacial score (nSPS) is 11.5. The quantitative estimate of drug-likeness (QED) is 0.656. The van der Waals surface area contributed by atoms with E-state index in [0.29, 0.717) is 33.7 Å². The molecule has 0 saturated carbocycles. The van der Waals surface area contributed by atoms with Crippen LogP contribution in [0.1, 0.15) is 19.4 Å². The van der Waals surface area contributed by atoms with Gasteiger partial charge in [0.05, 0.1) is 28.1 Å². The number of ether oxygens (including phenoxy) is 1. The zero-order valence-corrected chi connectivity index (χ0v) is 18.2. The maximum absolute atomic E-state index is 12.9. The van der Waals surface area contributed by atoms with Crippen molar-refractivity contribution in [2.45, 2.75) is 25.7 Å². The highest BCUT2D eigenvalue weighted by atomic mass is 35.5. The van der Waals surface area contributed by atoms with Gasteiger partial charge in [-0.3, -0.25) is 4.79 Å². The predicted molar refractivity (Wildman–Crippen MR) is 112 cm³/mol. The van der Waals surface area contributed by atoms with E-state index in [-0.39, 0.29) is 18.0 Å². The van der Waals surface area contributed by atoms with Crippen LogP contribution in [0.3, 0.4) is 0 Å². The second kappa shape index (κ2) is 9.60. The van der Waals surface area contributed by atoms with E-state index in [0.717, 1.165) is 4.31 Å². The summed E-state index contributed by atoms with van der Waals surface area (Å²) in [5, 5.41) is 3.29. The molecule has 0 aliphatic rings. The minimum atomic E-state index is -3.84. The van der Waals surface area contributed by atoms with Gasteiger partial charge in [-0.2, -0.15) is 4.31 Å². The maximum atomic E-state index is 12.9. The van der Waals surface area contributed by atoms with Crippen molar-refractivity contribution in [3.8, 4) is 5.75 Å². The first-order chi connectivity index (χ1) is 13.2. The van der Waals surface area contributed by atoms with Crippen LogP contribution in [0.2, 0.25) is 10.0 Å². The van der Waals surface area contributed by atoms with Gasteiger partial charge in [0.1, 0.15) is 5.75 Å². The van der Waals surface area contributed by atoms with Gasteiger partial charge >= 0.3 is 0 Å². The number of anilines is 1. The van der Waals surface area contributed by atoms with Gasteiger partial charge in [0.15, 0.2) is 0 Å². The summed E-state index contributed by atoms with van der Waals surface area (Å²) in [6, 6.07) is 9.29. The van der Waals surface area contributed by atoms with Gasteiger partial charge in [0.25, 0.3) is 0 Å². The first kappa shape index (κ1) is 22.5. The lowest BCUT2D eigenvalue weighted by Gasteiger charge is -2.21. The Kier molecular flexibility index (Phi) is 7.71. The fourth-order valence-electron chi connectivity index (χ4n) is 2.55. The van der Waals surface area contributed by atoms with Crippen molar-refractivity contribution in [3.63, 3.8) is 0 Å². The number of nitrogens with one attached hydrogen (secondary N) is 1. The number of halogens is 2. The summed E-state index contributed by atoms with van der Waals surface area (Å²) in [5.41, 5.74) is 1.14. The molecule has 9 heteroatoms. The second-order valence-corrected chi connectivity index (χ2v) is 8.72. The minimum Gasteiger partial charge on any atom is -0.494 e. The Hall–Kier alpha value is -1.80. The van der Waals surface area contributed by atoms with Crippen molar-refractivity contribution in [1.29, 1.82) is 0 Å². The summed E-state index contributed by atoms with van der Waals surface area (Å²) < 4.78 is 32.4. The van der Waals surface area contributed by atoms with Crippen LogP contribution in [0, 0.1) is 6.92 Å². The van der Waals surface area contributed by atoms with E-state index < -0.39 is 15.9 Å². The van der Waals surface area contributed by atoms with Crippen LogP contribution in [-0.4, -0.2) is 38.3 Å². The molecule has 28 heavy (non-hydrogen) atoms. The third-order valence-corrected chi connectivity index (χ3v) is 6.62. The Balaban J connectivity index is 2.17. The number of likely N-dealkylation sites (N-methyl/N-ethyl adjacent to an activating group) is 1. The molecule has 0 aliphatic carbocycles. The highest BCUT2D eigenvalue weighted by Gasteiger charge is 2.26. The minimum absolute atomic E-state index is 0.109. The standard InChI is InChI=1S/C19H22Cl2N2O4S/c1-4-23(12-19(24)22-14-6-8-16(20)17(21)11-14)28(25,26)15-7-9-18(27-5-2)13(3)10-15/h6-11H,4-5,12H2,1-3H3,(H,22,24). The van der Waals surface area contributed by atoms with Crippen LogP contribution < -0.4 is 10.1 Å². The van der Waals surface area contributed by atoms with E-state index in [2.05, 4.69) is 5.32 Å². The fourth-order valence-corrected chi connectivity index (χ4v) is 4.34. The van der Waals surface area contributed by atoms with Crippen molar-refractivity contribution in [2.75, 3.05) is 25.0 Å². The largest absolute Gasteiger partial charge is 0.494 e. The summed E-state index contributed by atoms with van der Waals surface area (Å²) >= 11 is 11.8. The smallest absolute Gasteiger partial charge is 0.243 e. The van der Waals surface area contributed by atoms with E-state index in [1.54, 1.807) is 38.1 Å². The zero-order valence-electron chi connectivity index (χ0n) is 15.8. The number of nitrogens with zero attached hydrogens (tertiary/aromatic N) is 1. The third kappa shape index (κ3) is 5.38. The number of amides is 1. The molecule has 2 rings (SSSR count). The highest BCUT2D eigenvalue weighted by Crippen LogP contribution is 2.26. The Morgan fingerprint density at radius 3 is 2.39 bits per heavy atom. The summed E-state index contributed by atoms with van der Waals surface area (Å²) in [6.07, 6.45) is 0. The highest BCUT2D eigenvalue weighted by molar-refractivity contribution is 7.89. The lowest BCUT2D eigenvalue weighted by atomic mass is 10.2. The van der Waals surface area contributed by atoms with E-state index in [4.69, 9.17) is 27.9 Å². The summed E-state index contributed by atoms with van der Waals surface area (Å²) in [4.78, 5) is 12.5. The van der Waals surface area contributed by atoms with Crippen molar-refractivity contribution in [1.82, 2.24) is 4.31 Å². The molecular weight excluding hydrogens is 423 g/mol. The van der Waals surface area contributed by atoms with Crippen LogP contribution in [0.4, 0.5) is 5.69 Å². The van der Waals surface area contributed by atoms with E-state index in [1.807, 2.05) is 6.92 Å². The second-order valence-electron chi connectivity index (χ2n) is 5.97. The lowest BCUT2D eigenvalue weighted by molar-refractivity contribution is -0.116. The predicted octanol–water partition coefficient (Wildman–Crippen LogP) is 4.35. The molecule has 0 unspecified atom stereocenters. The molecule has 0 bridgehead atoms. The molecular formula is C19H22Cl2N2O4S. The Morgan fingerprint density at radius 1 is 1.11 bits per heavy atom. The number of hydrogen-bond donors (Lipinski definition) is 1. The average molecular weight is 445 g/mol. The number of carbonyl (C=O) groups is 1. The topological polar surface area (TPSA) is 75.7 Å². The van der Waals surface area contributed by atoms with Gasteiger partial charge in [-0.15, -0.1) is 0 Å². The van der Waals surface area contributed by atoms with E-state index in [9.17, 15) is 13.2 Å². The number of carbonyl (C=O) groups excluding carboxylic acids is 1. The summed E-state index contributed by atoms with van der Waals surface area (Å²) in [5.74, 6) is 0.147. The van der Waals surface area contributed by atoms with E-state index in [1.165, 1.54) is 12.1 Å². The number of sulfonamides is 1. The Labute approximate surface area is 175 Å². The molecule has 0 fully saturated rings. The number of benzene rings is 2. The molecule has 2 aromatic carbocycles. The molecule has 0 aliphatic heterocycles. The van der Waals surface area contributed by atoms with Gasteiger partial charge in [-0.05, 0) is 55.8 Å². The summed E-state index contributed by atoms with van der Waals surface area (Å²) in [6.45, 7) is 5.61. The van der Waals surface area contributed by atoms with Crippen LogP contribution >= 0.6 is 23.2 Å². The Morgan fingerprint density at radius 2 is 1.82 bits per heavy atom. The third-order valence-electron chi connectivity index (χ3n) is 3.96. The zero-order chi connectivity index (χ0) is 20.9. The first-order valence-corrected chi connectivity index (χ1v) is 10.9.